The van der Waals surface area contributed by atoms with E-state index < -0.39 is 4.92 Å². The molecule has 0 saturated heterocycles. The first-order valence-electron chi connectivity index (χ1n) is 8.94. The number of nitrogens with zero attached hydrogens (tertiary/aromatic N) is 4. The van der Waals surface area contributed by atoms with Gasteiger partial charge in [0.2, 0.25) is 5.91 Å². The molecule has 0 aliphatic rings. The number of nitro benzene ring substituents is 1. The quantitative estimate of drug-likeness (QED) is 0.378. The lowest BCUT2D eigenvalue weighted by Gasteiger charge is -2.13. The Morgan fingerprint density at radius 2 is 1.97 bits per heavy atom. The zero-order chi connectivity index (χ0) is 20.8. The van der Waals surface area contributed by atoms with Crippen LogP contribution in [0.2, 0.25) is 0 Å². The van der Waals surface area contributed by atoms with Crippen LogP contribution in [0.15, 0.2) is 66.9 Å². The third-order valence-corrected chi connectivity index (χ3v) is 4.26. The van der Waals surface area contributed by atoms with Crippen LogP contribution in [0.1, 0.15) is 11.1 Å². The second kappa shape index (κ2) is 8.83. The highest BCUT2D eigenvalue weighted by Gasteiger charge is 2.07. The number of amides is 1. The van der Waals surface area contributed by atoms with Crippen LogP contribution in [0.25, 0.3) is 6.08 Å². The number of nitrogens with one attached hydrogen (secondary N) is 1. The maximum atomic E-state index is 12.2. The number of non-ortho nitro benzene ring substituents is 1. The lowest BCUT2D eigenvalue weighted by molar-refractivity contribution is -0.384. The number of rotatable bonds is 7. The van der Waals surface area contributed by atoms with Crippen molar-refractivity contribution >= 4 is 29.2 Å². The fourth-order valence-electron chi connectivity index (χ4n) is 2.72. The van der Waals surface area contributed by atoms with Crippen LogP contribution in [-0.4, -0.2) is 34.7 Å². The summed E-state index contributed by atoms with van der Waals surface area (Å²) in [5.41, 5.74) is 2.71. The smallest absolute Gasteiger partial charge is 0.270 e. The minimum absolute atomic E-state index is 0.0223. The molecule has 0 atom stereocenters. The van der Waals surface area contributed by atoms with Crippen molar-refractivity contribution in [2.75, 3.05) is 24.3 Å². The largest absolute Gasteiger partial charge is 0.378 e. The zero-order valence-electron chi connectivity index (χ0n) is 16.1. The van der Waals surface area contributed by atoms with Crippen LogP contribution in [0.5, 0.6) is 0 Å². The number of carbonyl (C=O) groups excluding carboxylic acids is 1. The Morgan fingerprint density at radius 3 is 2.66 bits per heavy atom. The summed E-state index contributed by atoms with van der Waals surface area (Å²) in [6.45, 7) is 0.519. The number of carbonyl (C=O) groups is 1. The topological polar surface area (TPSA) is 93.3 Å². The number of aromatic nitrogens is 2. The highest BCUT2D eigenvalue weighted by Crippen LogP contribution is 2.16. The Hall–Kier alpha value is -3.94. The highest BCUT2D eigenvalue weighted by molar-refractivity contribution is 6.01. The summed E-state index contributed by atoms with van der Waals surface area (Å²) in [6.07, 6.45) is 4.49. The van der Waals surface area contributed by atoms with Gasteiger partial charge in [0, 0.05) is 44.1 Å². The molecule has 0 fully saturated rings. The Morgan fingerprint density at radius 1 is 1.21 bits per heavy atom. The molecule has 2 aromatic carbocycles. The van der Waals surface area contributed by atoms with Crippen molar-refractivity contribution in [1.29, 1.82) is 0 Å². The van der Waals surface area contributed by atoms with Gasteiger partial charge in [-0.1, -0.05) is 24.3 Å². The first-order valence-corrected chi connectivity index (χ1v) is 8.94. The molecule has 1 amide bonds. The minimum atomic E-state index is -0.471. The molecule has 0 spiro atoms. The highest BCUT2D eigenvalue weighted by atomic mass is 16.6. The summed E-state index contributed by atoms with van der Waals surface area (Å²) in [5, 5.41) is 17.9. The Bertz CT molecular complexity index is 1040. The summed E-state index contributed by atoms with van der Waals surface area (Å²) < 4.78 is 1.70. The molecule has 0 radical (unpaired) electrons. The average molecular weight is 391 g/mol. The molecule has 1 aromatic heterocycles. The van der Waals surface area contributed by atoms with Crippen LogP contribution >= 0.6 is 0 Å². The van der Waals surface area contributed by atoms with Crippen LogP contribution in [0.3, 0.4) is 0 Å². The second-order valence-corrected chi connectivity index (χ2v) is 6.61. The van der Waals surface area contributed by atoms with Crippen molar-refractivity contribution in [2.24, 2.45) is 0 Å². The zero-order valence-corrected chi connectivity index (χ0v) is 16.1. The Balaban J connectivity index is 1.65. The van der Waals surface area contributed by atoms with Crippen molar-refractivity contribution in [2.45, 2.75) is 6.54 Å². The predicted octanol–water partition coefficient (Wildman–Crippen LogP) is 3.56. The van der Waals surface area contributed by atoms with Gasteiger partial charge >= 0.3 is 0 Å². The van der Waals surface area contributed by atoms with Crippen LogP contribution in [-0.2, 0) is 11.3 Å². The fraction of sp³-hybridized carbons (Fsp3) is 0.143. The van der Waals surface area contributed by atoms with E-state index in [0.29, 0.717) is 17.9 Å². The molecular formula is C21H21N5O3. The summed E-state index contributed by atoms with van der Waals surface area (Å²) >= 11 is 0. The van der Waals surface area contributed by atoms with Crippen LogP contribution < -0.4 is 10.2 Å². The lowest BCUT2D eigenvalue weighted by Crippen LogP contribution is -2.14. The number of benzene rings is 2. The van der Waals surface area contributed by atoms with Gasteiger partial charge in [-0.25, -0.2) is 4.68 Å². The van der Waals surface area contributed by atoms with Gasteiger partial charge in [-0.05, 0) is 29.3 Å². The van der Waals surface area contributed by atoms with Gasteiger partial charge in [-0.15, -0.1) is 0 Å². The normalized spacial score (nSPS) is 10.8. The van der Waals surface area contributed by atoms with Gasteiger partial charge < -0.3 is 10.2 Å². The summed E-state index contributed by atoms with van der Waals surface area (Å²) in [4.78, 5) is 24.6. The van der Waals surface area contributed by atoms with Crippen molar-refractivity contribution in [1.82, 2.24) is 9.78 Å². The molecular weight excluding hydrogens is 370 g/mol. The minimum Gasteiger partial charge on any atom is -0.378 e. The van der Waals surface area contributed by atoms with E-state index in [1.165, 1.54) is 24.3 Å². The van der Waals surface area contributed by atoms with E-state index in [-0.39, 0.29) is 11.6 Å². The number of anilines is 2. The van der Waals surface area contributed by atoms with E-state index in [1.54, 1.807) is 29.1 Å². The maximum absolute atomic E-state index is 12.2. The molecule has 0 aliphatic carbocycles. The molecule has 3 rings (SSSR count). The van der Waals surface area contributed by atoms with Crippen molar-refractivity contribution < 1.29 is 9.72 Å². The number of nitro groups is 1. The molecule has 29 heavy (non-hydrogen) atoms. The number of hydrogen-bond acceptors (Lipinski definition) is 5. The van der Waals surface area contributed by atoms with Gasteiger partial charge in [0.25, 0.3) is 5.69 Å². The van der Waals surface area contributed by atoms with E-state index in [4.69, 9.17) is 0 Å². The van der Waals surface area contributed by atoms with Gasteiger partial charge in [-0.3, -0.25) is 14.9 Å². The molecule has 8 heteroatoms. The second-order valence-electron chi connectivity index (χ2n) is 6.61. The Kier molecular flexibility index (Phi) is 6.03. The molecule has 0 saturated carbocycles. The summed E-state index contributed by atoms with van der Waals surface area (Å²) in [7, 11) is 3.97. The van der Waals surface area contributed by atoms with E-state index in [9.17, 15) is 14.9 Å². The fourth-order valence-corrected chi connectivity index (χ4v) is 2.72. The number of hydrogen-bond donors (Lipinski definition) is 1. The standard InChI is InChI=1S/C21H21N5O3/c1-24(2)18-9-6-17(7-10-18)15-25-20(12-13-22-25)23-21(27)11-8-16-4-3-5-19(14-16)26(28)29/h3-14H,15H2,1-2H3,(H,23,27)/b11-8+. The van der Waals surface area contributed by atoms with Crippen LogP contribution in [0.4, 0.5) is 17.2 Å². The first-order chi connectivity index (χ1) is 13.9. The Labute approximate surface area is 168 Å². The SMILES string of the molecule is CN(C)c1ccc(Cn2nccc2NC(=O)/C=C/c2cccc([N+](=O)[O-])c2)cc1. The van der Waals surface area contributed by atoms with Gasteiger partial charge in [0.05, 0.1) is 17.7 Å². The molecule has 1 heterocycles. The average Bonchev–Trinajstić information content (AvgIpc) is 3.13. The molecule has 3 aromatic rings. The molecule has 0 unspecified atom stereocenters. The summed E-state index contributed by atoms with van der Waals surface area (Å²) in [6, 6.07) is 15.9. The monoisotopic (exact) mass is 391 g/mol. The molecule has 0 aliphatic heterocycles. The van der Waals surface area contributed by atoms with Gasteiger partial charge in [-0.2, -0.15) is 5.10 Å². The van der Waals surface area contributed by atoms with E-state index in [2.05, 4.69) is 10.4 Å². The maximum Gasteiger partial charge on any atom is 0.270 e. The van der Waals surface area contributed by atoms with E-state index in [0.717, 1.165) is 11.3 Å². The summed E-state index contributed by atoms with van der Waals surface area (Å²) in [5.74, 6) is 0.219. The third kappa shape index (κ3) is 5.29. The molecule has 8 nitrogen and oxygen atoms in total. The van der Waals surface area contributed by atoms with Crippen molar-refractivity contribution in [3.8, 4) is 0 Å². The van der Waals surface area contributed by atoms with Gasteiger partial charge in [0.15, 0.2) is 0 Å². The lowest BCUT2D eigenvalue weighted by atomic mass is 10.2. The third-order valence-electron chi connectivity index (χ3n) is 4.26. The van der Waals surface area contributed by atoms with Crippen LogP contribution in [0, 0.1) is 10.1 Å². The molecule has 1 N–H and O–H groups in total. The molecule has 148 valence electrons. The van der Waals surface area contributed by atoms with Crippen molar-refractivity contribution in [3.05, 3.63) is 88.1 Å². The predicted molar refractivity (Wildman–Crippen MR) is 113 cm³/mol. The van der Waals surface area contributed by atoms with E-state index in [1.807, 2.05) is 43.3 Å². The van der Waals surface area contributed by atoms with Gasteiger partial charge in [0.1, 0.15) is 5.82 Å². The van der Waals surface area contributed by atoms with Crippen molar-refractivity contribution in [3.63, 3.8) is 0 Å². The molecule has 0 bridgehead atoms. The first kappa shape index (κ1) is 19.8. The van der Waals surface area contributed by atoms with E-state index >= 15 is 0 Å².